The fourth-order valence-electron chi connectivity index (χ4n) is 3.12. The Balaban J connectivity index is 1.99. The maximum absolute atomic E-state index is 12.2. The summed E-state index contributed by atoms with van der Waals surface area (Å²) >= 11 is 7.30. The first-order chi connectivity index (χ1) is 14.3. The van der Waals surface area contributed by atoms with Crippen LogP contribution in [0, 0.1) is 0 Å². The van der Waals surface area contributed by atoms with Gasteiger partial charge in [0.1, 0.15) is 11.8 Å². The molecule has 1 aliphatic rings. The molecule has 1 heterocycles. The van der Waals surface area contributed by atoms with Crippen molar-refractivity contribution in [2.45, 2.75) is 18.7 Å². The van der Waals surface area contributed by atoms with Crippen LogP contribution in [0.25, 0.3) is 0 Å². The van der Waals surface area contributed by atoms with Crippen LogP contribution in [0.1, 0.15) is 24.1 Å². The highest BCUT2D eigenvalue weighted by Gasteiger charge is 2.39. The van der Waals surface area contributed by atoms with E-state index in [1.165, 1.54) is 11.8 Å². The first kappa shape index (κ1) is 21.7. The predicted molar refractivity (Wildman–Crippen MR) is 116 cm³/mol. The van der Waals surface area contributed by atoms with Gasteiger partial charge in [-0.15, -0.1) is 0 Å². The Bertz CT molecular complexity index is 1040. The van der Waals surface area contributed by atoms with E-state index < -0.39 is 18.1 Å². The number of aliphatic carboxylic acids is 1. The van der Waals surface area contributed by atoms with E-state index in [1.807, 2.05) is 24.3 Å². The number of hydrogen-bond acceptors (Lipinski definition) is 5. The third-order valence-corrected chi connectivity index (χ3v) is 5.78. The molecule has 9 heteroatoms. The van der Waals surface area contributed by atoms with Crippen molar-refractivity contribution in [2.75, 3.05) is 7.11 Å². The summed E-state index contributed by atoms with van der Waals surface area (Å²) in [6.45, 7) is 1.56. The molecule has 0 saturated heterocycles. The largest absolute Gasteiger partial charge is 0.497 e. The second-order valence-corrected chi connectivity index (χ2v) is 7.82. The molecule has 0 aliphatic carbocycles. The summed E-state index contributed by atoms with van der Waals surface area (Å²) in [7, 11) is 1.58. The Kier molecular flexibility index (Phi) is 6.69. The molecule has 3 rings (SSSR count). The van der Waals surface area contributed by atoms with Crippen molar-refractivity contribution >= 4 is 40.6 Å². The molecule has 1 aliphatic heterocycles. The third kappa shape index (κ3) is 4.60. The average Bonchev–Trinajstić information content (AvgIpc) is 2.71. The first-order valence-corrected chi connectivity index (χ1v) is 10.2. The number of methoxy groups -OCH3 is 1. The smallest absolute Gasteiger partial charge is 0.414 e. The van der Waals surface area contributed by atoms with Gasteiger partial charge in [-0.1, -0.05) is 47.6 Å². The number of carbonyl (C=O) groups is 2. The molecule has 30 heavy (non-hydrogen) atoms. The number of halogens is 1. The normalized spacial score (nSPS) is 16.3. The average molecular weight is 447 g/mol. The Morgan fingerprint density at radius 1 is 1.20 bits per heavy atom. The fraction of sp³-hybridized carbons (Fsp3) is 0.190. The van der Waals surface area contributed by atoms with E-state index in [4.69, 9.17) is 16.3 Å². The van der Waals surface area contributed by atoms with Gasteiger partial charge in [0.15, 0.2) is 5.17 Å². The molecule has 2 N–H and O–H groups in total. The van der Waals surface area contributed by atoms with Crippen LogP contribution in [0.15, 0.2) is 64.8 Å². The molecular formula is C21H19ClN2O5S. The van der Waals surface area contributed by atoms with Gasteiger partial charge < -0.3 is 14.9 Å². The third-order valence-electron chi connectivity index (χ3n) is 4.52. The standard InChI is InChI=1S/C21H19ClN2O5S/c1-12-17(19(25)26)18(14-4-3-5-15(22)10-14)24(21(27)28)20(23-12)30-11-13-6-8-16(29-2)9-7-13/h3-10,18H,11H2,1-2H3,(H,25,26)(H,27,28). The zero-order valence-electron chi connectivity index (χ0n) is 16.2. The van der Waals surface area contributed by atoms with Gasteiger partial charge >= 0.3 is 12.1 Å². The molecule has 0 saturated carbocycles. The lowest BCUT2D eigenvalue weighted by molar-refractivity contribution is -0.133. The van der Waals surface area contributed by atoms with Gasteiger partial charge in [-0.3, -0.25) is 0 Å². The lowest BCUT2D eigenvalue weighted by Gasteiger charge is -2.34. The van der Waals surface area contributed by atoms with Crippen LogP contribution in [0.3, 0.4) is 0 Å². The van der Waals surface area contributed by atoms with Crippen LogP contribution in [0.2, 0.25) is 5.02 Å². The fourth-order valence-corrected chi connectivity index (χ4v) is 4.33. The van der Waals surface area contributed by atoms with Crippen molar-refractivity contribution in [3.63, 3.8) is 0 Å². The Morgan fingerprint density at radius 2 is 1.90 bits per heavy atom. The van der Waals surface area contributed by atoms with E-state index in [0.717, 1.165) is 16.2 Å². The number of amidine groups is 1. The van der Waals surface area contributed by atoms with E-state index in [-0.39, 0.29) is 16.4 Å². The second-order valence-electron chi connectivity index (χ2n) is 6.45. The molecule has 0 radical (unpaired) electrons. The van der Waals surface area contributed by atoms with E-state index in [9.17, 15) is 19.8 Å². The number of benzene rings is 2. The molecule has 0 fully saturated rings. The second kappa shape index (κ2) is 9.23. The van der Waals surface area contributed by atoms with Gasteiger partial charge in [0.05, 0.1) is 18.4 Å². The minimum Gasteiger partial charge on any atom is -0.497 e. The number of carboxylic acid groups (broad SMARTS) is 2. The van der Waals surface area contributed by atoms with E-state index in [1.54, 1.807) is 38.3 Å². The van der Waals surface area contributed by atoms with Crippen molar-refractivity contribution in [2.24, 2.45) is 4.99 Å². The highest BCUT2D eigenvalue weighted by Crippen LogP contribution is 2.38. The predicted octanol–water partition coefficient (Wildman–Crippen LogP) is 5.03. The topological polar surface area (TPSA) is 99.4 Å². The summed E-state index contributed by atoms with van der Waals surface area (Å²) < 4.78 is 5.14. The van der Waals surface area contributed by atoms with Crippen LogP contribution in [0.4, 0.5) is 4.79 Å². The minimum atomic E-state index is -1.30. The lowest BCUT2D eigenvalue weighted by atomic mass is 9.95. The number of aliphatic imine (C=N–C) groups is 1. The molecule has 156 valence electrons. The van der Waals surface area contributed by atoms with Crippen molar-refractivity contribution in [1.29, 1.82) is 0 Å². The number of rotatable bonds is 5. The van der Waals surface area contributed by atoms with Crippen molar-refractivity contribution in [1.82, 2.24) is 4.90 Å². The first-order valence-electron chi connectivity index (χ1n) is 8.88. The molecule has 7 nitrogen and oxygen atoms in total. The zero-order chi connectivity index (χ0) is 21.8. The highest BCUT2D eigenvalue weighted by atomic mass is 35.5. The van der Waals surface area contributed by atoms with Gasteiger partial charge in [-0.2, -0.15) is 0 Å². The van der Waals surface area contributed by atoms with Crippen molar-refractivity contribution in [3.8, 4) is 5.75 Å². The maximum atomic E-state index is 12.2. The molecule has 0 bridgehead atoms. The number of amides is 1. The Labute approximate surface area is 182 Å². The molecule has 1 atom stereocenters. The molecule has 2 aromatic carbocycles. The summed E-state index contributed by atoms with van der Waals surface area (Å²) in [5, 5.41) is 20.3. The number of hydrogen-bond donors (Lipinski definition) is 2. The van der Waals surface area contributed by atoms with Crippen LogP contribution >= 0.6 is 23.4 Å². The van der Waals surface area contributed by atoms with Gasteiger partial charge in [0.25, 0.3) is 0 Å². The zero-order valence-corrected chi connectivity index (χ0v) is 17.8. The summed E-state index contributed by atoms with van der Waals surface area (Å²) in [6.07, 6.45) is -1.30. The van der Waals surface area contributed by atoms with Gasteiger partial charge in [0, 0.05) is 10.8 Å². The SMILES string of the molecule is COc1ccc(CSC2=NC(C)=C(C(=O)O)C(c3cccc(Cl)c3)N2C(=O)O)cc1. The number of ether oxygens (including phenoxy) is 1. The molecule has 2 aromatic rings. The summed E-state index contributed by atoms with van der Waals surface area (Å²) in [4.78, 5) is 29.4. The van der Waals surface area contributed by atoms with Crippen LogP contribution in [-0.4, -0.2) is 39.5 Å². The van der Waals surface area contributed by atoms with Crippen molar-refractivity contribution in [3.05, 3.63) is 76.0 Å². The minimum absolute atomic E-state index is 0.103. The van der Waals surface area contributed by atoms with Gasteiger partial charge in [-0.05, 0) is 42.3 Å². The summed E-state index contributed by atoms with van der Waals surface area (Å²) in [5.41, 5.74) is 1.55. The van der Waals surface area contributed by atoms with Gasteiger partial charge in [-0.25, -0.2) is 19.5 Å². The van der Waals surface area contributed by atoms with Crippen molar-refractivity contribution < 1.29 is 24.5 Å². The van der Waals surface area contributed by atoms with Crippen LogP contribution in [0.5, 0.6) is 5.75 Å². The Morgan fingerprint density at radius 3 is 2.47 bits per heavy atom. The maximum Gasteiger partial charge on any atom is 0.414 e. The van der Waals surface area contributed by atoms with Crippen LogP contribution < -0.4 is 4.74 Å². The highest BCUT2D eigenvalue weighted by molar-refractivity contribution is 8.13. The monoisotopic (exact) mass is 446 g/mol. The molecule has 0 spiro atoms. The van der Waals surface area contributed by atoms with E-state index in [2.05, 4.69) is 4.99 Å². The molecular weight excluding hydrogens is 428 g/mol. The molecule has 1 unspecified atom stereocenters. The number of allylic oxidation sites excluding steroid dienone is 1. The number of thioether (sulfide) groups is 1. The molecule has 1 amide bonds. The van der Waals surface area contributed by atoms with Crippen LogP contribution in [-0.2, 0) is 10.5 Å². The van der Waals surface area contributed by atoms with E-state index in [0.29, 0.717) is 16.3 Å². The number of nitrogens with zero attached hydrogens (tertiary/aromatic N) is 2. The lowest BCUT2D eigenvalue weighted by Crippen LogP contribution is -2.42. The summed E-state index contributed by atoms with van der Waals surface area (Å²) in [5.74, 6) is -0.0617. The quantitative estimate of drug-likeness (QED) is 0.668. The summed E-state index contributed by atoms with van der Waals surface area (Å²) in [6, 6.07) is 12.8. The van der Waals surface area contributed by atoms with E-state index >= 15 is 0 Å². The molecule has 0 aromatic heterocycles. The van der Waals surface area contributed by atoms with Gasteiger partial charge in [0.2, 0.25) is 0 Å². The Hall–Kier alpha value is -2.97. The number of carboxylic acids is 1.